The molecule has 4 aromatic rings. The Labute approximate surface area is 196 Å². The molecule has 1 aliphatic rings. The average Bonchev–Trinajstić information content (AvgIpc) is 3.37. The summed E-state index contributed by atoms with van der Waals surface area (Å²) in [5, 5.41) is 8.58. The van der Waals surface area contributed by atoms with Gasteiger partial charge in [0.1, 0.15) is 5.82 Å². The van der Waals surface area contributed by atoms with Gasteiger partial charge in [-0.2, -0.15) is 9.78 Å². The van der Waals surface area contributed by atoms with Gasteiger partial charge in [-0.25, -0.2) is 4.98 Å². The van der Waals surface area contributed by atoms with Gasteiger partial charge in [-0.1, -0.05) is 36.5 Å². The summed E-state index contributed by atoms with van der Waals surface area (Å²) >= 11 is 1.56. The van der Waals surface area contributed by atoms with E-state index < -0.39 is 0 Å². The third-order valence-electron chi connectivity index (χ3n) is 5.87. The van der Waals surface area contributed by atoms with E-state index >= 15 is 0 Å². The predicted molar refractivity (Wildman–Crippen MR) is 130 cm³/mol. The fourth-order valence-corrected chi connectivity index (χ4v) is 5.41. The van der Waals surface area contributed by atoms with Crippen LogP contribution in [-0.2, 0) is 4.79 Å². The molecule has 3 heterocycles. The van der Waals surface area contributed by atoms with Crippen LogP contribution in [0.4, 0.5) is 5.82 Å². The number of carbonyl (C=O) groups excluding carboxylic acids is 1. The number of para-hydroxylation sites is 1. The van der Waals surface area contributed by atoms with Gasteiger partial charge in [-0.15, -0.1) is 0 Å². The lowest BCUT2D eigenvalue weighted by atomic mass is 9.85. The van der Waals surface area contributed by atoms with Crippen molar-refractivity contribution in [1.29, 1.82) is 0 Å². The normalized spacial score (nSPS) is 15.4. The highest BCUT2D eigenvalue weighted by Gasteiger charge is 2.35. The lowest BCUT2D eigenvalue weighted by Gasteiger charge is -2.26. The quantitative estimate of drug-likeness (QED) is 0.417. The minimum atomic E-state index is -0.193. The highest BCUT2D eigenvalue weighted by atomic mass is 32.1. The number of methoxy groups -OCH3 is 1. The van der Waals surface area contributed by atoms with Gasteiger partial charge < -0.3 is 14.8 Å². The van der Waals surface area contributed by atoms with Crippen molar-refractivity contribution in [2.75, 3.05) is 19.0 Å². The van der Waals surface area contributed by atoms with Crippen molar-refractivity contribution in [3.63, 3.8) is 0 Å². The van der Waals surface area contributed by atoms with Crippen molar-refractivity contribution in [2.45, 2.75) is 39.5 Å². The summed E-state index contributed by atoms with van der Waals surface area (Å²) in [7, 11) is 1.63. The molecular formula is C25H26N4O3S. The van der Waals surface area contributed by atoms with E-state index in [1.54, 1.807) is 23.1 Å². The number of amides is 1. The van der Waals surface area contributed by atoms with Crippen LogP contribution in [0.1, 0.15) is 48.1 Å². The lowest BCUT2D eigenvalue weighted by Crippen LogP contribution is -2.25. The smallest absolute Gasteiger partial charge is 0.226 e. The summed E-state index contributed by atoms with van der Waals surface area (Å²) < 4.78 is 14.5. The van der Waals surface area contributed by atoms with Crippen molar-refractivity contribution < 1.29 is 14.3 Å². The van der Waals surface area contributed by atoms with E-state index in [0.29, 0.717) is 30.3 Å². The number of rotatable bonds is 6. The largest absolute Gasteiger partial charge is 0.493 e. The van der Waals surface area contributed by atoms with E-state index in [4.69, 9.17) is 19.6 Å². The van der Waals surface area contributed by atoms with E-state index in [1.807, 2.05) is 37.3 Å². The molecule has 1 aliphatic heterocycles. The monoisotopic (exact) mass is 462 g/mol. The molecule has 1 atom stereocenters. The summed E-state index contributed by atoms with van der Waals surface area (Å²) in [6.45, 7) is 6.68. The number of nitrogens with one attached hydrogen (secondary N) is 1. The first-order chi connectivity index (χ1) is 16.0. The highest BCUT2D eigenvalue weighted by molar-refractivity contribution is 7.20. The summed E-state index contributed by atoms with van der Waals surface area (Å²) in [4.78, 5) is 17.6. The average molecular weight is 463 g/mol. The Kier molecular flexibility index (Phi) is 5.54. The van der Waals surface area contributed by atoms with Crippen LogP contribution in [0.3, 0.4) is 0 Å². The van der Waals surface area contributed by atoms with E-state index in [1.165, 1.54) is 5.56 Å². The fraction of sp³-hybridized carbons (Fsp3) is 0.320. The summed E-state index contributed by atoms with van der Waals surface area (Å²) in [6.07, 6.45) is 1.19. The van der Waals surface area contributed by atoms with Gasteiger partial charge in [0.25, 0.3) is 0 Å². The SMILES string of the molecule is CCCOc1c(OC)cccc1[C@H]1CC(=O)Nc2c1c(C)nn2-c1nc2ccc(C)cc2s1. The number of carbonyl (C=O) groups is 1. The van der Waals surface area contributed by atoms with Gasteiger partial charge in [-0.3, -0.25) is 4.79 Å². The van der Waals surface area contributed by atoms with E-state index in [0.717, 1.165) is 38.6 Å². The molecule has 2 aromatic carbocycles. The Morgan fingerprint density at radius 2 is 2.09 bits per heavy atom. The highest BCUT2D eigenvalue weighted by Crippen LogP contribution is 2.46. The van der Waals surface area contributed by atoms with E-state index in [2.05, 4.69) is 25.2 Å². The van der Waals surface area contributed by atoms with Crippen molar-refractivity contribution >= 4 is 33.3 Å². The van der Waals surface area contributed by atoms with Crippen molar-refractivity contribution in [3.05, 3.63) is 58.8 Å². The zero-order valence-electron chi connectivity index (χ0n) is 19.1. The summed E-state index contributed by atoms with van der Waals surface area (Å²) in [5.41, 5.74) is 4.88. The number of aromatic nitrogens is 3. The molecule has 1 amide bonds. The van der Waals surface area contributed by atoms with Gasteiger partial charge in [0.15, 0.2) is 11.5 Å². The van der Waals surface area contributed by atoms with Crippen LogP contribution in [0.2, 0.25) is 0 Å². The molecule has 0 unspecified atom stereocenters. The zero-order chi connectivity index (χ0) is 23.1. The minimum Gasteiger partial charge on any atom is -0.493 e. The second-order valence-electron chi connectivity index (χ2n) is 8.26. The number of aryl methyl sites for hydroxylation is 2. The molecule has 0 bridgehead atoms. The van der Waals surface area contributed by atoms with Crippen molar-refractivity contribution in [1.82, 2.24) is 14.8 Å². The van der Waals surface area contributed by atoms with Gasteiger partial charge >= 0.3 is 0 Å². The molecule has 0 spiro atoms. The standard InChI is InChI=1S/C25H26N4O3S/c1-5-11-32-23-16(7-6-8-19(23)31-4)17-13-21(30)27-24-22(17)15(3)28-29(24)25-26-18-10-9-14(2)12-20(18)33-25/h6-10,12,17H,5,11,13H2,1-4H3,(H,27,30)/t17-/m1/s1. The maximum atomic E-state index is 12.9. The fourth-order valence-electron chi connectivity index (χ4n) is 4.39. The van der Waals surface area contributed by atoms with Crippen LogP contribution in [0, 0.1) is 13.8 Å². The van der Waals surface area contributed by atoms with Crippen LogP contribution >= 0.6 is 11.3 Å². The molecule has 0 saturated heterocycles. The lowest BCUT2D eigenvalue weighted by molar-refractivity contribution is -0.116. The number of ether oxygens (including phenoxy) is 2. The molecule has 7 nitrogen and oxygen atoms in total. The molecule has 170 valence electrons. The van der Waals surface area contributed by atoms with Gasteiger partial charge in [0.2, 0.25) is 11.0 Å². The van der Waals surface area contributed by atoms with E-state index in [-0.39, 0.29) is 11.8 Å². The first-order valence-electron chi connectivity index (χ1n) is 11.1. The molecule has 0 fully saturated rings. The Morgan fingerprint density at radius 1 is 1.24 bits per heavy atom. The maximum absolute atomic E-state index is 12.9. The van der Waals surface area contributed by atoms with Gasteiger partial charge in [0.05, 0.1) is 29.6 Å². The molecule has 1 N–H and O–H groups in total. The van der Waals surface area contributed by atoms with Crippen molar-refractivity contribution in [3.8, 4) is 16.6 Å². The Balaban J connectivity index is 1.65. The van der Waals surface area contributed by atoms with Crippen LogP contribution in [0.15, 0.2) is 36.4 Å². The molecule has 0 aliphatic carbocycles. The first kappa shape index (κ1) is 21.5. The number of benzene rings is 2. The topological polar surface area (TPSA) is 78.3 Å². The molecule has 33 heavy (non-hydrogen) atoms. The van der Waals surface area contributed by atoms with Gasteiger partial charge in [-0.05, 0) is 44.0 Å². The molecule has 5 rings (SSSR count). The minimum absolute atomic E-state index is 0.0603. The van der Waals surface area contributed by atoms with E-state index in [9.17, 15) is 4.79 Å². The molecule has 8 heteroatoms. The molecule has 2 aromatic heterocycles. The second kappa shape index (κ2) is 8.51. The zero-order valence-corrected chi connectivity index (χ0v) is 20.0. The Hall–Kier alpha value is -3.39. The number of thiazole rings is 1. The van der Waals surface area contributed by atoms with Crippen LogP contribution in [-0.4, -0.2) is 34.4 Å². The Morgan fingerprint density at radius 3 is 2.88 bits per heavy atom. The van der Waals surface area contributed by atoms with Crippen LogP contribution in [0.25, 0.3) is 15.3 Å². The number of hydrogen-bond donors (Lipinski definition) is 1. The second-order valence-corrected chi connectivity index (χ2v) is 9.27. The number of hydrogen-bond acceptors (Lipinski definition) is 6. The summed E-state index contributed by atoms with van der Waals surface area (Å²) in [5.74, 6) is 1.78. The van der Waals surface area contributed by atoms with Crippen molar-refractivity contribution in [2.24, 2.45) is 0 Å². The van der Waals surface area contributed by atoms with Crippen LogP contribution < -0.4 is 14.8 Å². The summed E-state index contributed by atoms with van der Waals surface area (Å²) in [6, 6.07) is 12.0. The maximum Gasteiger partial charge on any atom is 0.226 e. The molecule has 0 radical (unpaired) electrons. The van der Waals surface area contributed by atoms with Gasteiger partial charge in [0, 0.05) is 23.5 Å². The predicted octanol–water partition coefficient (Wildman–Crippen LogP) is 5.37. The molecule has 0 saturated carbocycles. The third-order valence-corrected chi connectivity index (χ3v) is 6.87. The first-order valence-corrected chi connectivity index (χ1v) is 11.9. The number of fused-ring (bicyclic) bond motifs is 2. The van der Waals surface area contributed by atoms with Crippen LogP contribution in [0.5, 0.6) is 11.5 Å². The Bertz CT molecular complexity index is 1360. The number of nitrogens with zero attached hydrogens (tertiary/aromatic N) is 3. The molecular weight excluding hydrogens is 436 g/mol. The third kappa shape index (κ3) is 3.74. The number of anilines is 1.